The van der Waals surface area contributed by atoms with Gasteiger partial charge in [-0.3, -0.25) is 0 Å². The second-order valence-corrected chi connectivity index (χ2v) is 6.23. The molecule has 0 bridgehead atoms. The molecule has 22 heavy (non-hydrogen) atoms. The Balaban J connectivity index is 1.87. The van der Waals surface area contributed by atoms with Gasteiger partial charge < -0.3 is 19.5 Å². The van der Waals surface area contributed by atoms with Crippen LogP contribution in [-0.2, 0) is 4.74 Å². The molecule has 4 nitrogen and oxygen atoms in total. The molecule has 0 aliphatic carbocycles. The Morgan fingerprint density at radius 1 is 1.27 bits per heavy atom. The van der Waals surface area contributed by atoms with Gasteiger partial charge in [-0.1, -0.05) is 6.92 Å². The van der Waals surface area contributed by atoms with Gasteiger partial charge in [0.25, 0.3) is 0 Å². The molecular formula is C18H27NO3. The molecule has 1 aromatic carbocycles. The van der Waals surface area contributed by atoms with Crippen molar-refractivity contribution in [1.82, 2.24) is 5.32 Å². The molecule has 2 aliphatic heterocycles. The second-order valence-electron chi connectivity index (χ2n) is 6.23. The van der Waals surface area contributed by atoms with Crippen LogP contribution in [0.25, 0.3) is 0 Å². The van der Waals surface area contributed by atoms with Crippen LogP contribution in [0.15, 0.2) is 18.2 Å². The van der Waals surface area contributed by atoms with Crippen LogP contribution in [0, 0.1) is 0 Å². The van der Waals surface area contributed by atoms with Gasteiger partial charge in [-0.25, -0.2) is 0 Å². The van der Waals surface area contributed by atoms with Gasteiger partial charge in [0.15, 0.2) is 0 Å². The molecule has 122 valence electrons. The van der Waals surface area contributed by atoms with Crippen LogP contribution in [0.1, 0.15) is 51.2 Å². The molecule has 1 fully saturated rings. The molecule has 4 heteroatoms. The fourth-order valence-electron chi connectivity index (χ4n) is 3.44. The van der Waals surface area contributed by atoms with Crippen molar-refractivity contribution in [2.24, 2.45) is 0 Å². The molecular weight excluding hydrogens is 278 g/mol. The van der Waals surface area contributed by atoms with Gasteiger partial charge in [0.2, 0.25) is 0 Å². The van der Waals surface area contributed by atoms with Crippen molar-refractivity contribution < 1.29 is 14.2 Å². The standard InChI is InChI=1S/C18H27NO3/c1-3-11-21-14-5-6-15-16(12-14)22-18(7-9-19-10-8-18)13-17(15)20-4-2/h5-6,12,17,19H,3-4,7-11,13H2,1-2H3. The molecule has 1 N–H and O–H groups in total. The van der Waals surface area contributed by atoms with Gasteiger partial charge in [0.05, 0.1) is 12.7 Å². The van der Waals surface area contributed by atoms with Gasteiger partial charge in [-0.2, -0.15) is 0 Å². The first-order valence-corrected chi connectivity index (χ1v) is 8.54. The van der Waals surface area contributed by atoms with Crippen LogP contribution in [0.3, 0.4) is 0 Å². The second kappa shape index (κ2) is 6.88. The molecule has 0 radical (unpaired) electrons. The number of hydrogen-bond donors (Lipinski definition) is 1. The van der Waals surface area contributed by atoms with Gasteiger partial charge in [-0.05, 0) is 51.4 Å². The van der Waals surface area contributed by atoms with Crippen molar-refractivity contribution in [3.05, 3.63) is 23.8 Å². The van der Waals surface area contributed by atoms with E-state index in [1.165, 1.54) is 0 Å². The van der Waals surface area contributed by atoms with Crippen LogP contribution < -0.4 is 14.8 Å². The van der Waals surface area contributed by atoms with E-state index in [-0.39, 0.29) is 11.7 Å². The Morgan fingerprint density at radius 2 is 2.09 bits per heavy atom. The normalized spacial score (nSPS) is 22.9. The van der Waals surface area contributed by atoms with Crippen LogP contribution in [0.4, 0.5) is 0 Å². The third-order valence-corrected chi connectivity index (χ3v) is 4.57. The lowest BCUT2D eigenvalue weighted by atomic mass is 9.82. The summed E-state index contributed by atoms with van der Waals surface area (Å²) in [5.74, 6) is 1.84. The maximum atomic E-state index is 6.46. The van der Waals surface area contributed by atoms with E-state index in [0.29, 0.717) is 0 Å². The summed E-state index contributed by atoms with van der Waals surface area (Å²) >= 11 is 0. The minimum absolute atomic E-state index is 0.0819. The van der Waals surface area contributed by atoms with Crippen molar-refractivity contribution in [2.75, 3.05) is 26.3 Å². The Bertz CT molecular complexity index is 497. The van der Waals surface area contributed by atoms with Crippen molar-refractivity contribution in [3.63, 3.8) is 0 Å². The lowest BCUT2D eigenvalue weighted by molar-refractivity contribution is -0.0590. The maximum absolute atomic E-state index is 6.46. The van der Waals surface area contributed by atoms with Crippen molar-refractivity contribution in [2.45, 2.75) is 51.2 Å². The monoisotopic (exact) mass is 305 g/mol. The largest absolute Gasteiger partial charge is 0.493 e. The predicted molar refractivity (Wildman–Crippen MR) is 86.7 cm³/mol. The summed E-state index contributed by atoms with van der Waals surface area (Å²) in [7, 11) is 0. The number of piperidine rings is 1. The first kappa shape index (κ1) is 15.6. The van der Waals surface area contributed by atoms with E-state index < -0.39 is 0 Å². The van der Waals surface area contributed by atoms with E-state index >= 15 is 0 Å². The molecule has 3 rings (SSSR count). The highest BCUT2D eigenvalue weighted by molar-refractivity contribution is 5.44. The molecule has 1 spiro atoms. The fourth-order valence-corrected chi connectivity index (χ4v) is 3.44. The van der Waals surface area contributed by atoms with Crippen LogP contribution >= 0.6 is 0 Å². The van der Waals surface area contributed by atoms with E-state index in [9.17, 15) is 0 Å². The number of rotatable bonds is 5. The molecule has 0 aromatic heterocycles. The number of fused-ring (bicyclic) bond motifs is 1. The Kier molecular flexibility index (Phi) is 4.89. The van der Waals surface area contributed by atoms with E-state index in [1.807, 2.05) is 12.1 Å². The first-order valence-electron chi connectivity index (χ1n) is 8.54. The molecule has 0 saturated carbocycles. The minimum Gasteiger partial charge on any atom is -0.493 e. The van der Waals surface area contributed by atoms with Crippen LogP contribution in [0.2, 0.25) is 0 Å². The zero-order valence-corrected chi connectivity index (χ0v) is 13.7. The zero-order valence-electron chi connectivity index (χ0n) is 13.7. The fraction of sp³-hybridized carbons (Fsp3) is 0.667. The molecule has 0 amide bonds. The number of ether oxygens (including phenoxy) is 3. The van der Waals surface area contributed by atoms with Crippen molar-refractivity contribution in [3.8, 4) is 11.5 Å². The average molecular weight is 305 g/mol. The van der Waals surface area contributed by atoms with Gasteiger partial charge in [0, 0.05) is 24.7 Å². The van der Waals surface area contributed by atoms with Crippen molar-refractivity contribution >= 4 is 0 Å². The molecule has 1 unspecified atom stereocenters. The summed E-state index contributed by atoms with van der Waals surface area (Å²) in [6, 6.07) is 6.18. The van der Waals surface area contributed by atoms with E-state index in [2.05, 4.69) is 25.2 Å². The highest BCUT2D eigenvalue weighted by Gasteiger charge is 2.42. The van der Waals surface area contributed by atoms with Gasteiger partial charge in [-0.15, -0.1) is 0 Å². The van der Waals surface area contributed by atoms with E-state index in [1.54, 1.807) is 0 Å². The summed E-state index contributed by atoms with van der Waals surface area (Å²) in [5.41, 5.74) is 1.08. The molecule has 1 saturated heterocycles. The first-order chi connectivity index (χ1) is 10.8. The summed E-state index contributed by atoms with van der Waals surface area (Å²) in [4.78, 5) is 0. The van der Waals surface area contributed by atoms with Gasteiger partial charge >= 0.3 is 0 Å². The lowest BCUT2D eigenvalue weighted by Crippen LogP contribution is -2.49. The Hall–Kier alpha value is -1.26. The summed E-state index contributed by atoms with van der Waals surface area (Å²) in [6.07, 6.45) is 4.17. The topological polar surface area (TPSA) is 39.7 Å². The Labute approximate surface area is 133 Å². The lowest BCUT2D eigenvalue weighted by Gasteiger charge is -2.44. The van der Waals surface area contributed by atoms with Crippen LogP contribution in [-0.4, -0.2) is 31.9 Å². The van der Waals surface area contributed by atoms with Crippen molar-refractivity contribution in [1.29, 1.82) is 0 Å². The Morgan fingerprint density at radius 3 is 2.82 bits per heavy atom. The molecule has 1 aromatic rings. The summed E-state index contributed by atoms with van der Waals surface area (Å²) in [5, 5.41) is 3.42. The highest BCUT2D eigenvalue weighted by Crippen LogP contribution is 2.46. The third kappa shape index (κ3) is 3.23. The summed E-state index contributed by atoms with van der Waals surface area (Å²) < 4.78 is 18.2. The SMILES string of the molecule is CCCOc1ccc2c(c1)OC1(CCNCC1)CC2OCC. The average Bonchev–Trinajstić information content (AvgIpc) is 2.53. The molecule has 1 atom stereocenters. The maximum Gasteiger partial charge on any atom is 0.129 e. The van der Waals surface area contributed by atoms with E-state index in [4.69, 9.17) is 14.2 Å². The van der Waals surface area contributed by atoms with E-state index in [0.717, 1.165) is 69.0 Å². The van der Waals surface area contributed by atoms with Crippen LogP contribution in [0.5, 0.6) is 11.5 Å². The molecule has 2 heterocycles. The number of nitrogens with one attached hydrogen (secondary N) is 1. The zero-order chi connectivity index (χ0) is 15.4. The van der Waals surface area contributed by atoms with Gasteiger partial charge in [0.1, 0.15) is 17.1 Å². The highest BCUT2D eigenvalue weighted by atomic mass is 16.5. The summed E-state index contributed by atoms with van der Waals surface area (Å²) in [6.45, 7) is 7.67. The quantitative estimate of drug-likeness (QED) is 0.904. The minimum atomic E-state index is -0.0819. The smallest absolute Gasteiger partial charge is 0.129 e. The number of benzene rings is 1. The molecule has 2 aliphatic rings. The predicted octanol–water partition coefficient (Wildman–Crippen LogP) is 3.46. The third-order valence-electron chi connectivity index (χ3n) is 4.57. The number of hydrogen-bond acceptors (Lipinski definition) is 4.